The van der Waals surface area contributed by atoms with Gasteiger partial charge < -0.3 is 5.32 Å². The van der Waals surface area contributed by atoms with Gasteiger partial charge in [0.15, 0.2) is 0 Å². The molecule has 2 aromatic carbocycles. The van der Waals surface area contributed by atoms with E-state index in [4.69, 9.17) is 0 Å². The Kier molecular flexibility index (Phi) is 5.35. The molecule has 0 aromatic heterocycles. The van der Waals surface area contributed by atoms with Gasteiger partial charge in [0, 0.05) is 15.0 Å². The summed E-state index contributed by atoms with van der Waals surface area (Å²) < 4.78 is 15.2. The molecular weight excluding hydrogens is 385 g/mol. The highest BCUT2D eigenvalue weighted by Crippen LogP contribution is 2.27. The molecule has 0 amide bonds. The van der Waals surface area contributed by atoms with Crippen molar-refractivity contribution >= 4 is 31.9 Å². The third kappa shape index (κ3) is 3.90. The minimum atomic E-state index is -0.183. The second-order valence-electron chi connectivity index (χ2n) is 4.82. The Morgan fingerprint density at radius 1 is 1.10 bits per heavy atom. The highest BCUT2D eigenvalue weighted by molar-refractivity contribution is 9.11. The van der Waals surface area contributed by atoms with Gasteiger partial charge >= 0.3 is 0 Å². The first-order valence-corrected chi connectivity index (χ1v) is 7.96. The fourth-order valence-corrected chi connectivity index (χ4v) is 3.60. The Balaban J connectivity index is 2.28. The molecule has 0 heterocycles. The molecule has 0 aliphatic heterocycles. The van der Waals surface area contributed by atoms with Crippen molar-refractivity contribution in [2.45, 2.75) is 19.4 Å². The molecule has 20 heavy (non-hydrogen) atoms. The van der Waals surface area contributed by atoms with Crippen molar-refractivity contribution in [1.82, 2.24) is 5.32 Å². The lowest BCUT2D eigenvalue weighted by Gasteiger charge is -2.19. The highest BCUT2D eigenvalue weighted by atomic mass is 79.9. The fourth-order valence-electron chi connectivity index (χ4n) is 2.27. The predicted molar refractivity (Wildman–Crippen MR) is 88.5 cm³/mol. The number of aryl methyl sites for hydroxylation is 1. The molecule has 2 rings (SSSR count). The molecule has 0 fully saturated rings. The fraction of sp³-hybridized carbons (Fsp3) is 0.250. The van der Waals surface area contributed by atoms with Crippen LogP contribution in [0.2, 0.25) is 0 Å². The van der Waals surface area contributed by atoms with Crippen LogP contribution in [0.1, 0.15) is 22.7 Å². The summed E-state index contributed by atoms with van der Waals surface area (Å²) in [7, 11) is 1.94. The van der Waals surface area contributed by atoms with Crippen molar-refractivity contribution in [2.24, 2.45) is 0 Å². The molecule has 0 radical (unpaired) electrons. The van der Waals surface area contributed by atoms with Gasteiger partial charge in [-0.05, 0) is 67.4 Å². The predicted octanol–water partition coefficient (Wildman–Crippen LogP) is 5.16. The Hall–Kier alpha value is -0.710. The van der Waals surface area contributed by atoms with E-state index in [9.17, 15) is 4.39 Å². The molecular formula is C16H16Br2FN. The molecule has 106 valence electrons. The van der Waals surface area contributed by atoms with Crippen LogP contribution in [-0.4, -0.2) is 7.05 Å². The molecule has 1 unspecified atom stereocenters. The number of likely N-dealkylation sites (N-methyl/N-ethyl adjacent to an activating group) is 1. The summed E-state index contributed by atoms with van der Waals surface area (Å²) in [6, 6.07) is 11.4. The van der Waals surface area contributed by atoms with Gasteiger partial charge in [-0.3, -0.25) is 0 Å². The topological polar surface area (TPSA) is 12.0 Å². The molecule has 0 aliphatic rings. The molecule has 1 nitrogen and oxygen atoms in total. The lowest BCUT2D eigenvalue weighted by Crippen LogP contribution is -2.19. The third-order valence-corrected chi connectivity index (χ3v) is 4.28. The van der Waals surface area contributed by atoms with Crippen LogP contribution < -0.4 is 5.32 Å². The minimum absolute atomic E-state index is 0.183. The number of nitrogens with one attached hydrogen (secondary N) is 1. The molecule has 1 atom stereocenters. The summed E-state index contributed by atoms with van der Waals surface area (Å²) in [5.74, 6) is -0.183. The maximum absolute atomic E-state index is 13.2. The van der Waals surface area contributed by atoms with Crippen LogP contribution in [0.25, 0.3) is 0 Å². The summed E-state index contributed by atoms with van der Waals surface area (Å²) >= 11 is 7.03. The molecule has 0 saturated heterocycles. The van der Waals surface area contributed by atoms with Crippen LogP contribution >= 0.6 is 31.9 Å². The Morgan fingerprint density at radius 2 is 1.75 bits per heavy atom. The Labute approximate surface area is 135 Å². The highest BCUT2D eigenvalue weighted by Gasteiger charge is 2.13. The Morgan fingerprint density at radius 3 is 2.30 bits per heavy atom. The normalized spacial score (nSPS) is 12.4. The molecule has 0 saturated carbocycles. The van der Waals surface area contributed by atoms with Gasteiger partial charge in [0.2, 0.25) is 0 Å². The van der Waals surface area contributed by atoms with Gasteiger partial charge in [0.25, 0.3) is 0 Å². The zero-order valence-electron chi connectivity index (χ0n) is 11.4. The van der Waals surface area contributed by atoms with Gasteiger partial charge in [-0.2, -0.15) is 0 Å². The van der Waals surface area contributed by atoms with E-state index in [1.165, 1.54) is 11.6 Å². The quantitative estimate of drug-likeness (QED) is 0.747. The van der Waals surface area contributed by atoms with Gasteiger partial charge in [0.1, 0.15) is 5.82 Å². The standard InChI is InChI=1S/C16H16Br2FN/c1-10-5-15(19)4-3-11(10)8-16(20-2)12-6-13(17)9-14(18)7-12/h3-7,9,16,20H,8H2,1-2H3. The van der Waals surface area contributed by atoms with Crippen molar-refractivity contribution in [3.63, 3.8) is 0 Å². The van der Waals surface area contributed by atoms with Gasteiger partial charge in [-0.25, -0.2) is 4.39 Å². The zero-order valence-corrected chi connectivity index (χ0v) is 14.6. The molecule has 2 aromatic rings. The van der Waals surface area contributed by atoms with E-state index in [1.54, 1.807) is 6.07 Å². The number of hydrogen-bond donors (Lipinski definition) is 1. The number of halogens is 3. The van der Waals surface area contributed by atoms with Crippen molar-refractivity contribution in [1.29, 1.82) is 0 Å². The van der Waals surface area contributed by atoms with Gasteiger partial charge in [0.05, 0.1) is 0 Å². The number of hydrogen-bond acceptors (Lipinski definition) is 1. The molecule has 0 aliphatic carbocycles. The van der Waals surface area contributed by atoms with Crippen LogP contribution in [-0.2, 0) is 6.42 Å². The number of rotatable bonds is 4. The maximum atomic E-state index is 13.2. The average Bonchev–Trinajstić information content (AvgIpc) is 2.36. The minimum Gasteiger partial charge on any atom is -0.313 e. The van der Waals surface area contributed by atoms with E-state index < -0.39 is 0 Å². The van der Waals surface area contributed by atoms with Crippen LogP contribution in [0.4, 0.5) is 4.39 Å². The van der Waals surface area contributed by atoms with Crippen LogP contribution in [0.3, 0.4) is 0 Å². The molecule has 4 heteroatoms. The van der Waals surface area contributed by atoms with E-state index in [0.29, 0.717) is 0 Å². The SMILES string of the molecule is CNC(Cc1ccc(F)cc1C)c1cc(Br)cc(Br)c1. The van der Waals surface area contributed by atoms with E-state index in [1.807, 2.05) is 26.1 Å². The molecule has 0 spiro atoms. The summed E-state index contributed by atoms with van der Waals surface area (Å²) in [6.07, 6.45) is 0.825. The molecule has 0 bridgehead atoms. The zero-order chi connectivity index (χ0) is 14.7. The second-order valence-corrected chi connectivity index (χ2v) is 6.65. The lowest BCUT2D eigenvalue weighted by atomic mass is 9.96. The first-order chi connectivity index (χ1) is 9.49. The lowest BCUT2D eigenvalue weighted by molar-refractivity contribution is 0.586. The summed E-state index contributed by atoms with van der Waals surface area (Å²) in [4.78, 5) is 0. The largest absolute Gasteiger partial charge is 0.313 e. The Bertz CT molecular complexity index is 593. The van der Waals surface area contributed by atoms with E-state index in [0.717, 1.165) is 26.5 Å². The second kappa shape index (κ2) is 6.83. The van der Waals surface area contributed by atoms with Crippen LogP contribution in [0, 0.1) is 12.7 Å². The third-order valence-electron chi connectivity index (χ3n) is 3.36. The monoisotopic (exact) mass is 399 g/mol. The summed E-state index contributed by atoms with van der Waals surface area (Å²) in [6.45, 7) is 1.95. The van der Waals surface area contributed by atoms with Crippen molar-refractivity contribution in [2.75, 3.05) is 7.05 Å². The van der Waals surface area contributed by atoms with E-state index >= 15 is 0 Å². The van der Waals surface area contributed by atoms with Gasteiger partial charge in [-0.1, -0.05) is 37.9 Å². The van der Waals surface area contributed by atoms with E-state index in [-0.39, 0.29) is 11.9 Å². The van der Waals surface area contributed by atoms with Crippen molar-refractivity contribution in [3.05, 3.63) is 67.9 Å². The first kappa shape index (κ1) is 15.7. The summed E-state index contributed by atoms with van der Waals surface area (Å²) in [5.41, 5.74) is 3.33. The smallest absolute Gasteiger partial charge is 0.123 e. The van der Waals surface area contributed by atoms with E-state index in [2.05, 4.69) is 49.3 Å². The average molecular weight is 401 g/mol. The van der Waals surface area contributed by atoms with Gasteiger partial charge in [-0.15, -0.1) is 0 Å². The van der Waals surface area contributed by atoms with Crippen molar-refractivity contribution in [3.8, 4) is 0 Å². The first-order valence-electron chi connectivity index (χ1n) is 6.38. The van der Waals surface area contributed by atoms with Crippen LogP contribution in [0.15, 0.2) is 45.3 Å². The van der Waals surface area contributed by atoms with Crippen molar-refractivity contribution < 1.29 is 4.39 Å². The summed E-state index contributed by atoms with van der Waals surface area (Å²) in [5, 5.41) is 3.33. The molecule has 1 N–H and O–H groups in total. The van der Waals surface area contributed by atoms with Crippen LogP contribution in [0.5, 0.6) is 0 Å². The number of benzene rings is 2. The maximum Gasteiger partial charge on any atom is 0.123 e.